The molecule has 8 heteroatoms. The molecular weight excluding hydrogens is 439 g/mol. The molecule has 0 amide bonds. The summed E-state index contributed by atoms with van der Waals surface area (Å²) in [4.78, 5) is 4.15. The molecule has 0 radical (unpaired) electrons. The van der Waals surface area contributed by atoms with Crippen LogP contribution >= 0.6 is 24.0 Å². The molecule has 1 atom stereocenters. The van der Waals surface area contributed by atoms with Crippen LogP contribution in [0.25, 0.3) is 0 Å². The quantitative estimate of drug-likeness (QED) is 0.224. The van der Waals surface area contributed by atoms with Gasteiger partial charge in [-0.05, 0) is 31.9 Å². The summed E-state index contributed by atoms with van der Waals surface area (Å²) < 4.78 is 22.3. The Bertz CT molecular complexity index is 579. The molecule has 24 heavy (non-hydrogen) atoms. The number of rotatable bonds is 9. The fourth-order valence-corrected chi connectivity index (χ4v) is 2.76. The van der Waals surface area contributed by atoms with E-state index in [1.54, 1.807) is 7.05 Å². The van der Waals surface area contributed by atoms with Crippen LogP contribution in [0.15, 0.2) is 35.3 Å². The maximum absolute atomic E-state index is 11.2. The van der Waals surface area contributed by atoms with Crippen molar-refractivity contribution in [1.29, 1.82) is 0 Å². The highest BCUT2D eigenvalue weighted by Crippen LogP contribution is 2.04. The van der Waals surface area contributed by atoms with E-state index >= 15 is 0 Å². The Morgan fingerprint density at radius 1 is 1.21 bits per heavy atom. The van der Waals surface area contributed by atoms with E-state index in [1.165, 1.54) is 6.26 Å². The van der Waals surface area contributed by atoms with Crippen LogP contribution < -0.4 is 16.0 Å². The molecule has 0 fully saturated rings. The largest absolute Gasteiger partial charge is 0.385 e. The van der Waals surface area contributed by atoms with Gasteiger partial charge >= 0.3 is 0 Å². The summed E-state index contributed by atoms with van der Waals surface area (Å²) in [5, 5.41) is 9.78. The summed E-state index contributed by atoms with van der Waals surface area (Å²) in [7, 11) is -1.21. The molecule has 3 N–H and O–H groups in total. The van der Waals surface area contributed by atoms with Crippen molar-refractivity contribution in [2.24, 2.45) is 4.99 Å². The van der Waals surface area contributed by atoms with Crippen molar-refractivity contribution < 1.29 is 8.42 Å². The van der Waals surface area contributed by atoms with Crippen LogP contribution in [-0.2, 0) is 9.84 Å². The SMILES string of the molecule is CN=C(NCCCNc1ccccc1)NC(C)CCS(C)(=O)=O.I. The van der Waals surface area contributed by atoms with Crippen molar-refractivity contribution in [3.63, 3.8) is 0 Å². The maximum Gasteiger partial charge on any atom is 0.191 e. The van der Waals surface area contributed by atoms with E-state index in [-0.39, 0.29) is 35.8 Å². The number of hydrogen-bond donors (Lipinski definition) is 3. The predicted molar refractivity (Wildman–Crippen MR) is 113 cm³/mol. The standard InChI is InChI=1S/C16H28N4O2S.HI/c1-14(10-13-23(3,21)22)20-16(17-2)19-12-7-11-18-15-8-5-4-6-9-15;/h4-6,8-9,14,18H,7,10-13H2,1-3H3,(H2,17,19,20);1H. The zero-order valence-electron chi connectivity index (χ0n) is 14.6. The van der Waals surface area contributed by atoms with Crippen molar-refractivity contribution >= 4 is 45.5 Å². The van der Waals surface area contributed by atoms with Gasteiger partial charge in [-0.2, -0.15) is 0 Å². The van der Waals surface area contributed by atoms with E-state index in [0.717, 1.165) is 25.2 Å². The number of nitrogens with zero attached hydrogens (tertiary/aromatic N) is 1. The fraction of sp³-hybridized carbons (Fsp3) is 0.562. The third-order valence-electron chi connectivity index (χ3n) is 3.28. The van der Waals surface area contributed by atoms with E-state index in [4.69, 9.17) is 0 Å². The molecule has 0 bridgehead atoms. The van der Waals surface area contributed by atoms with Gasteiger partial charge in [0.25, 0.3) is 0 Å². The second-order valence-electron chi connectivity index (χ2n) is 5.61. The van der Waals surface area contributed by atoms with E-state index in [1.807, 2.05) is 37.3 Å². The van der Waals surface area contributed by atoms with Gasteiger partial charge in [0.1, 0.15) is 9.84 Å². The number of guanidine groups is 1. The number of aliphatic imine (C=N–C) groups is 1. The fourth-order valence-electron chi connectivity index (χ4n) is 1.97. The minimum absolute atomic E-state index is 0. The highest BCUT2D eigenvalue weighted by molar-refractivity contribution is 14.0. The lowest BCUT2D eigenvalue weighted by Crippen LogP contribution is -2.43. The second kappa shape index (κ2) is 12.3. The lowest BCUT2D eigenvalue weighted by atomic mass is 10.3. The molecule has 0 aromatic heterocycles. The zero-order chi connectivity index (χ0) is 17.1. The van der Waals surface area contributed by atoms with Crippen molar-refractivity contribution in [2.75, 3.05) is 37.5 Å². The van der Waals surface area contributed by atoms with Crippen molar-refractivity contribution in [2.45, 2.75) is 25.8 Å². The Labute approximate surface area is 162 Å². The summed E-state index contributed by atoms with van der Waals surface area (Å²) >= 11 is 0. The number of sulfone groups is 1. The minimum Gasteiger partial charge on any atom is -0.385 e. The first kappa shape index (κ1) is 23.0. The molecule has 1 rings (SSSR count). The molecule has 1 unspecified atom stereocenters. The molecule has 0 spiro atoms. The first-order valence-electron chi connectivity index (χ1n) is 7.84. The van der Waals surface area contributed by atoms with Crippen LogP contribution in [0, 0.1) is 0 Å². The first-order valence-corrected chi connectivity index (χ1v) is 9.90. The highest BCUT2D eigenvalue weighted by Gasteiger charge is 2.09. The van der Waals surface area contributed by atoms with Gasteiger partial charge in [0.15, 0.2) is 5.96 Å². The summed E-state index contributed by atoms with van der Waals surface area (Å²) in [6, 6.07) is 10.1. The molecule has 1 aromatic carbocycles. The monoisotopic (exact) mass is 468 g/mol. The summed E-state index contributed by atoms with van der Waals surface area (Å²) in [5.41, 5.74) is 1.12. The topological polar surface area (TPSA) is 82.6 Å². The lowest BCUT2D eigenvalue weighted by Gasteiger charge is -2.17. The van der Waals surface area contributed by atoms with Gasteiger partial charge in [-0.3, -0.25) is 4.99 Å². The summed E-state index contributed by atoms with van der Waals surface area (Å²) in [6.07, 6.45) is 2.77. The molecule has 0 saturated heterocycles. The molecule has 6 nitrogen and oxygen atoms in total. The van der Waals surface area contributed by atoms with Crippen LogP contribution in [0.4, 0.5) is 5.69 Å². The Morgan fingerprint density at radius 2 is 1.88 bits per heavy atom. The van der Waals surface area contributed by atoms with Crippen molar-refractivity contribution in [1.82, 2.24) is 10.6 Å². The average molecular weight is 468 g/mol. The number of anilines is 1. The lowest BCUT2D eigenvalue weighted by molar-refractivity contribution is 0.581. The van der Waals surface area contributed by atoms with E-state index < -0.39 is 9.84 Å². The summed E-state index contributed by atoms with van der Waals surface area (Å²) in [6.45, 7) is 3.62. The van der Waals surface area contributed by atoms with Crippen molar-refractivity contribution in [3.05, 3.63) is 30.3 Å². The van der Waals surface area contributed by atoms with Crippen LogP contribution in [-0.4, -0.2) is 52.6 Å². The molecule has 0 aliphatic heterocycles. The molecule has 0 aliphatic rings. The molecule has 0 saturated carbocycles. The third kappa shape index (κ3) is 11.5. The van der Waals surface area contributed by atoms with Crippen molar-refractivity contribution in [3.8, 4) is 0 Å². The first-order chi connectivity index (χ1) is 10.9. The number of para-hydroxylation sites is 1. The van der Waals surface area contributed by atoms with Gasteiger partial charge in [-0.1, -0.05) is 18.2 Å². The Balaban J connectivity index is 0.00000529. The Hall–Kier alpha value is -1.03. The van der Waals surface area contributed by atoms with Gasteiger partial charge in [0.05, 0.1) is 5.75 Å². The number of nitrogens with one attached hydrogen (secondary N) is 3. The second-order valence-corrected chi connectivity index (χ2v) is 7.87. The van der Waals surface area contributed by atoms with E-state index in [2.05, 4.69) is 20.9 Å². The Kier molecular flexibility index (Phi) is 11.8. The smallest absolute Gasteiger partial charge is 0.191 e. The summed E-state index contributed by atoms with van der Waals surface area (Å²) in [5.74, 6) is 0.879. The van der Waals surface area contributed by atoms with Crippen LogP contribution in [0.5, 0.6) is 0 Å². The predicted octanol–water partition coefficient (Wildman–Crippen LogP) is 2.09. The highest BCUT2D eigenvalue weighted by atomic mass is 127. The van der Waals surface area contributed by atoms with Gasteiger partial charge < -0.3 is 16.0 Å². The van der Waals surface area contributed by atoms with Gasteiger partial charge in [0.2, 0.25) is 0 Å². The normalized spacial score (nSPS) is 12.9. The van der Waals surface area contributed by atoms with Gasteiger partial charge in [-0.25, -0.2) is 8.42 Å². The van der Waals surface area contributed by atoms with Crippen LogP contribution in [0.3, 0.4) is 0 Å². The third-order valence-corrected chi connectivity index (χ3v) is 4.25. The molecule has 138 valence electrons. The van der Waals surface area contributed by atoms with Gasteiger partial charge in [0, 0.05) is 38.1 Å². The number of halogens is 1. The van der Waals surface area contributed by atoms with Gasteiger partial charge in [-0.15, -0.1) is 24.0 Å². The Morgan fingerprint density at radius 3 is 2.46 bits per heavy atom. The number of benzene rings is 1. The molecule has 1 aromatic rings. The van der Waals surface area contributed by atoms with Crippen LogP contribution in [0.1, 0.15) is 19.8 Å². The molecular formula is C16H29IN4O2S. The minimum atomic E-state index is -2.92. The van der Waals surface area contributed by atoms with E-state index in [9.17, 15) is 8.42 Å². The zero-order valence-corrected chi connectivity index (χ0v) is 17.7. The molecule has 0 aliphatic carbocycles. The maximum atomic E-state index is 11.2. The number of hydrogen-bond acceptors (Lipinski definition) is 4. The van der Waals surface area contributed by atoms with Crippen LogP contribution in [0.2, 0.25) is 0 Å². The average Bonchev–Trinajstić information content (AvgIpc) is 2.52. The van der Waals surface area contributed by atoms with E-state index in [0.29, 0.717) is 12.4 Å². The molecule has 0 heterocycles.